The molecule has 1 atom stereocenters. The second kappa shape index (κ2) is 11.9. The standard InChI is InChI=1S/C29H31ClN2O3/c1-2-31-18-8-9-19-32(28(33)23-14-16-24(30)17-15-23)25(20-22-10-4-3-5-11-22)21-35-27-13-7-6-12-26(27)29(31)34/h3-7,10-17,25H,2,8-9,18-21H2,1H3/t25-/m0/s1. The Bertz CT molecular complexity index is 1130. The van der Waals surface area contributed by atoms with E-state index < -0.39 is 0 Å². The molecule has 0 spiro atoms. The molecule has 0 fully saturated rings. The molecule has 3 aromatic rings. The first-order valence-corrected chi connectivity index (χ1v) is 12.6. The van der Waals surface area contributed by atoms with E-state index in [1.54, 1.807) is 24.3 Å². The first-order valence-electron chi connectivity index (χ1n) is 12.2. The highest BCUT2D eigenvalue weighted by Crippen LogP contribution is 2.24. The Labute approximate surface area is 212 Å². The van der Waals surface area contributed by atoms with Crippen LogP contribution in [-0.4, -0.2) is 53.9 Å². The van der Waals surface area contributed by atoms with Gasteiger partial charge in [0, 0.05) is 30.2 Å². The minimum absolute atomic E-state index is 0.0163. The minimum Gasteiger partial charge on any atom is -0.491 e. The number of nitrogens with zero attached hydrogens (tertiary/aromatic N) is 2. The SMILES string of the molecule is CCN1CCCCN(C(=O)c2ccc(Cl)cc2)[C@@H](Cc2ccccc2)COc2ccccc2C1=O. The minimum atomic E-state index is -0.203. The van der Waals surface area contributed by atoms with Crippen molar-refractivity contribution in [3.8, 4) is 5.75 Å². The third-order valence-corrected chi connectivity index (χ3v) is 6.65. The van der Waals surface area contributed by atoms with Crippen LogP contribution < -0.4 is 4.74 Å². The first-order chi connectivity index (χ1) is 17.1. The summed E-state index contributed by atoms with van der Waals surface area (Å²) in [6.45, 7) is 4.10. The molecule has 0 N–H and O–H groups in total. The van der Waals surface area contributed by atoms with Gasteiger partial charge in [-0.1, -0.05) is 54.1 Å². The quantitative estimate of drug-likeness (QED) is 0.469. The molecule has 5 nitrogen and oxygen atoms in total. The van der Waals surface area contributed by atoms with Gasteiger partial charge in [-0.25, -0.2) is 0 Å². The van der Waals surface area contributed by atoms with Gasteiger partial charge in [0.2, 0.25) is 0 Å². The van der Waals surface area contributed by atoms with Gasteiger partial charge in [-0.15, -0.1) is 0 Å². The Kier molecular flexibility index (Phi) is 8.43. The zero-order chi connectivity index (χ0) is 24.6. The Morgan fingerprint density at radius 1 is 0.943 bits per heavy atom. The van der Waals surface area contributed by atoms with E-state index in [0.717, 1.165) is 18.4 Å². The summed E-state index contributed by atoms with van der Waals surface area (Å²) in [7, 11) is 0. The number of hydrogen-bond acceptors (Lipinski definition) is 3. The number of halogens is 1. The highest BCUT2D eigenvalue weighted by atomic mass is 35.5. The third kappa shape index (κ3) is 6.23. The average Bonchev–Trinajstić information content (AvgIpc) is 2.89. The number of ether oxygens (including phenoxy) is 1. The first kappa shape index (κ1) is 24.8. The van der Waals surface area contributed by atoms with Crippen LogP contribution in [0.2, 0.25) is 5.02 Å². The molecular weight excluding hydrogens is 460 g/mol. The molecule has 0 aliphatic carbocycles. The van der Waals surface area contributed by atoms with Crippen molar-refractivity contribution < 1.29 is 14.3 Å². The molecule has 182 valence electrons. The average molecular weight is 491 g/mol. The summed E-state index contributed by atoms with van der Waals surface area (Å²) >= 11 is 6.07. The summed E-state index contributed by atoms with van der Waals surface area (Å²) in [5, 5.41) is 0.598. The summed E-state index contributed by atoms with van der Waals surface area (Å²) in [4.78, 5) is 30.7. The van der Waals surface area contributed by atoms with Gasteiger partial charge in [0.15, 0.2) is 0 Å². The molecule has 0 saturated heterocycles. The van der Waals surface area contributed by atoms with E-state index in [0.29, 0.717) is 48.0 Å². The monoisotopic (exact) mass is 490 g/mol. The van der Waals surface area contributed by atoms with E-state index in [2.05, 4.69) is 12.1 Å². The van der Waals surface area contributed by atoms with Crippen molar-refractivity contribution in [2.75, 3.05) is 26.2 Å². The van der Waals surface area contributed by atoms with Crippen LogP contribution in [0.3, 0.4) is 0 Å². The Balaban J connectivity index is 1.69. The number of benzene rings is 3. The van der Waals surface area contributed by atoms with Crippen molar-refractivity contribution in [2.45, 2.75) is 32.2 Å². The molecular formula is C29H31ClN2O3. The van der Waals surface area contributed by atoms with Crippen molar-refractivity contribution in [3.63, 3.8) is 0 Å². The van der Waals surface area contributed by atoms with Gasteiger partial charge in [0.1, 0.15) is 12.4 Å². The Morgan fingerprint density at radius 2 is 1.63 bits per heavy atom. The third-order valence-electron chi connectivity index (χ3n) is 6.40. The zero-order valence-electron chi connectivity index (χ0n) is 20.0. The maximum absolute atomic E-state index is 13.7. The van der Waals surface area contributed by atoms with Crippen LogP contribution in [0.15, 0.2) is 78.9 Å². The second-order valence-corrected chi connectivity index (χ2v) is 9.18. The van der Waals surface area contributed by atoms with Crippen molar-refractivity contribution in [1.29, 1.82) is 0 Å². The van der Waals surface area contributed by atoms with Gasteiger partial charge < -0.3 is 14.5 Å². The van der Waals surface area contributed by atoms with Crippen molar-refractivity contribution in [1.82, 2.24) is 9.80 Å². The number of fused-ring (bicyclic) bond motifs is 1. The number of para-hydroxylation sites is 1. The highest BCUT2D eigenvalue weighted by molar-refractivity contribution is 6.30. The molecule has 0 unspecified atom stereocenters. The lowest BCUT2D eigenvalue weighted by Crippen LogP contribution is -2.46. The molecule has 1 aliphatic heterocycles. The van der Waals surface area contributed by atoms with Gasteiger partial charge in [-0.3, -0.25) is 9.59 Å². The van der Waals surface area contributed by atoms with Gasteiger partial charge in [-0.05, 0) is 68.1 Å². The van der Waals surface area contributed by atoms with E-state index in [-0.39, 0.29) is 24.5 Å². The molecule has 0 radical (unpaired) electrons. The molecule has 2 amide bonds. The van der Waals surface area contributed by atoms with Gasteiger partial charge in [0.25, 0.3) is 11.8 Å². The molecule has 0 saturated carbocycles. The zero-order valence-corrected chi connectivity index (χ0v) is 20.8. The summed E-state index contributed by atoms with van der Waals surface area (Å²) in [5.41, 5.74) is 2.29. The fraction of sp³-hybridized carbons (Fsp3) is 0.310. The largest absolute Gasteiger partial charge is 0.491 e. The molecule has 3 aromatic carbocycles. The van der Waals surface area contributed by atoms with Crippen LogP contribution in [0.1, 0.15) is 46.0 Å². The number of amides is 2. The highest BCUT2D eigenvalue weighted by Gasteiger charge is 2.27. The number of rotatable bonds is 4. The lowest BCUT2D eigenvalue weighted by Gasteiger charge is -2.33. The molecule has 1 heterocycles. The van der Waals surface area contributed by atoms with Crippen LogP contribution in [-0.2, 0) is 6.42 Å². The summed E-state index contributed by atoms with van der Waals surface area (Å²) in [6.07, 6.45) is 2.25. The Morgan fingerprint density at radius 3 is 2.37 bits per heavy atom. The van der Waals surface area contributed by atoms with E-state index in [1.807, 2.05) is 59.2 Å². The van der Waals surface area contributed by atoms with Gasteiger partial charge in [-0.2, -0.15) is 0 Å². The predicted molar refractivity (Wildman–Crippen MR) is 139 cm³/mol. The Hall–Kier alpha value is -3.31. The van der Waals surface area contributed by atoms with E-state index in [4.69, 9.17) is 16.3 Å². The fourth-order valence-electron chi connectivity index (χ4n) is 4.47. The van der Waals surface area contributed by atoms with Gasteiger partial charge >= 0.3 is 0 Å². The lowest BCUT2D eigenvalue weighted by molar-refractivity contribution is 0.0586. The second-order valence-electron chi connectivity index (χ2n) is 8.75. The topological polar surface area (TPSA) is 49.9 Å². The lowest BCUT2D eigenvalue weighted by atomic mass is 10.0. The molecule has 0 aromatic heterocycles. The molecule has 4 rings (SSSR count). The smallest absolute Gasteiger partial charge is 0.257 e. The molecule has 6 heteroatoms. The molecule has 35 heavy (non-hydrogen) atoms. The van der Waals surface area contributed by atoms with Crippen molar-refractivity contribution in [2.24, 2.45) is 0 Å². The molecule has 0 bridgehead atoms. The maximum Gasteiger partial charge on any atom is 0.257 e. The van der Waals surface area contributed by atoms with Crippen LogP contribution in [0.5, 0.6) is 5.75 Å². The van der Waals surface area contributed by atoms with Crippen molar-refractivity contribution in [3.05, 3.63) is 101 Å². The van der Waals surface area contributed by atoms with E-state index in [9.17, 15) is 9.59 Å². The summed E-state index contributed by atoms with van der Waals surface area (Å²) < 4.78 is 6.28. The van der Waals surface area contributed by atoms with E-state index >= 15 is 0 Å². The number of carbonyl (C=O) groups excluding carboxylic acids is 2. The fourth-order valence-corrected chi connectivity index (χ4v) is 4.59. The summed E-state index contributed by atoms with van der Waals surface area (Å²) in [5.74, 6) is 0.492. The predicted octanol–water partition coefficient (Wildman–Crippen LogP) is 5.73. The van der Waals surface area contributed by atoms with Crippen LogP contribution in [0.25, 0.3) is 0 Å². The number of carbonyl (C=O) groups is 2. The van der Waals surface area contributed by atoms with Crippen LogP contribution in [0.4, 0.5) is 0 Å². The maximum atomic E-state index is 13.7. The number of hydrogen-bond donors (Lipinski definition) is 0. The molecule has 1 aliphatic rings. The van der Waals surface area contributed by atoms with Crippen molar-refractivity contribution >= 4 is 23.4 Å². The normalized spacial score (nSPS) is 17.1. The van der Waals surface area contributed by atoms with Crippen LogP contribution in [0, 0.1) is 0 Å². The summed E-state index contributed by atoms with van der Waals surface area (Å²) in [6, 6.07) is 24.3. The van der Waals surface area contributed by atoms with Crippen LogP contribution >= 0.6 is 11.6 Å². The van der Waals surface area contributed by atoms with Gasteiger partial charge in [0.05, 0.1) is 11.6 Å². The van der Waals surface area contributed by atoms with E-state index in [1.165, 1.54) is 0 Å².